The molecule has 0 N–H and O–H groups in total. The zero-order chi connectivity index (χ0) is 31.2. The lowest BCUT2D eigenvalue weighted by Crippen LogP contribution is -2.39. The summed E-state index contributed by atoms with van der Waals surface area (Å²) >= 11 is 0. The van der Waals surface area contributed by atoms with Gasteiger partial charge in [-0.25, -0.2) is 14.3 Å². The highest BCUT2D eigenvalue weighted by molar-refractivity contribution is 5.78. The molecule has 0 radical (unpaired) electrons. The molecular weight excluding hydrogens is 563 g/mol. The molecule has 8 nitrogen and oxygen atoms in total. The Morgan fingerprint density at radius 3 is 1.93 bits per heavy atom. The molecule has 0 aliphatic heterocycles. The van der Waals surface area contributed by atoms with E-state index < -0.39 is 23.3 Å². The van der Waals surface area contributed by atoms with Gasteiger partial charge in [0, 0.05) is 6.42 Å². The minimum Gasteiger partial charge on any atom is -0.497 e. The highest BCUT2D eigenvalue weighted by atomic mass is 19.4. The maximum Gasteiger partial charge on any atom is 0.416 e. The summed E-state index contributed by atoms with van der Waals surface area (Å²) in [5, 5.41) is 4.57. The second-order valence-corrected chi connectivity index (χ2v) is 10.6. The lowest BCUT2D eigenvalue weighted by molar-refractivity contribution is -0.156. The maximum atomic E-state index is 13.4. The molecule has 0 saturated carbocycles. The molecule has 0 amide bonds. The molecule has 1 heterocycles. The molecule has 4 rings (SSSR count). The van der Waals surface area contributed by atoms with Crippen molar-refractivity contribution in [2.75, 3.05) is 14.2 Å². The molecule has 3 aromatic carbocycles. The Hall–Kier alpha value is -4.54. The Morgan fingerprint density at radius 2 is 1.35 bits per heavy atom. The number of carbonyl (C=O) groups is 1. The van der Waals surface area contributed by atoms with Gasteiger partial charge in [-0.3, -0.25) is 4.57 Å². The molecule has 0 spiro atoms. The van der Waals surface area contributed by atoms with Gasteiger partial charge < -0.3 is 14.2 Å². The van der Waals surface area contributed by atoms with Crippen LogP contribution in [0.4, 0.5) is 13.2 Å². The summed E-state index contributed by atoms with van der Waals surface area (Å²) in [6.07, 6.45) is -2.55. The minimum absolute atomic E-state index is 0.0446. The smallest absolute Gasteiger partial charge is 0.416 e. The van der Waals surface area contributed by atoms with E-state index in [1.54, 1.807) is 37.7 Å². The second kappa shape index (κ2) is 13.2. The zero-order valence-electron chi connectivity index (χ0n) is 24.5. The second-order valence-electron chi connectivity index (χ2n) is 10.6. The van der Waals surface area contributed by atoms with Crippen molar-refractivity contribution in [1.29, 1.82) is 0 Å². The van der Waals surface area contributed by atoms with Crippen molar-refractivity contribution in [2.45, 2.75) is 58.0 Å². The highest BCUT2D eigenvalue weighted by Gasteiger charge is 2.31. The van der Waals surface area contributed by atoms with Gasteiger partial charge in [0.25, 0.3) is 0 Å². The average molecular weight is 598 g/mol. The van der Waals surface area contributed by atoms with Crippen LogP contribution in [0.3, 0.4) is 0 Å². The van der Waals surface area contributed by atoms with E-state index in [9.17, 15) is 22.8 Å². The van der Waals surface area contributed by atoms with Gasteiger partial charge in [0.05, 0.1) is 32.9 Å². The molecule has 43 heavy (non-hydrogen) atoms. The predicted octanol–water partition coefficient (Wildman–Crippen LogP) is 5.67. The number of esters is 1. The van der Waals surface area contributed by atoms with Crippen LogP contribution in [0.5, 0.6) is 11.5 Å². The van der Waals surface area contributed by atoms with Crippen molar-refractivity contribution in [3.05, 3.63) is 111 Å². The molecule has 0 atom stereocenters. The number of aromatic nitrogens is 3. The molecule has 0 aliphatic rings. The fraction of sp³-hybridized carbons (Fsp3) is 0.344. The van der Waals surface area contributed by atoms with Crippen molar-refractivity contribution in [3.8, 4) is 11.5 Å². The Kier molecular flexibility index (Phi) is 9.63. The predicted molar refractivity (Wildman–Crippen MR) is 154 cm³/mol. The van der Waals surface area contributed by atoms with Gasteiger partial charge in [0.2, 0.25) is 0 Å². The lowest BCUT2D eigenvalue weighted by atomic mass is 10.1. The van der Waals surface area contributed by atoms with Gasteiger partial charge in [-0.05, 0) is 79.8 Å². The number of rotatable bonds is 12. The van der Waals surface area contributed by atoms with E-state index in [0.29, 0.717) is 42.1 Å². The number of alkyl halides is 3. The van der Waals surface area contributed by atoms with Crippen LogP contribution in [-0.2, 0) is 41.6 Å². The first-order valence-electron chi connectivity index (χ1n) is 13.7. The number of hydrogen-bond acceptors (Lipinski definition) is 6. The third kappa shape index (κ3) is 8.06. The monoisotopic (exact) mass is 597 g/mol. The lowest BCUT2D eigenvalue weighted by Gasteiger charge is -2.23. The average Bonchev–Trinajstić information content (AvgIpc) is 3.26. The molecule has 0 fully saturated rings. The van der Waals surface area contributed by atoms with Crippen molar-refractivity contribution in [1.82, 2.24) is 14.3 Å². The van der Waals surface area contributed by atoms with Crippen molar-refractivity contribution in [3.63, 3.8) is 0 Å². The minimum atomic E-state index is -4.44. The quantitative estimate of drug-likeness (QED) is 0.196. The molecule has 0 bridgehead atoms. The number of aryl methyl sites for hydroxylation is 2. The standard InChI is InChI=1S/C32H34F3N3O5/c1-31(2,29(39)42-4)43-27-18-10-22(11-19-27)6-5-7-28-36-38(21-24-8-14-25(15-9-24)32(33,34)35)30(40)37(28)20-23-12-16-26(41-3)17-13-23/h8-19H,5-7,20-21H2,1-4H3. The van der Waals surface area contributed by atoms with Crippen molar-refractivity contribution in [2.24, 2.45) is 0 Å². The van der Waals surface area contributed by atoms with Crippen LogP contribution in [0.25, 0.3) is 0 Å². The number of carbonyl (C=O) groups excluding carboxylic acids is 1. The van der Waals surface area contributed by atoms with Crippen LogP contribution in [0.15, 0.2) is 77.6 Å². The van der Waals surface area contributed by atoms with Gasteiger partial charge in [-0.1, -0.05) is 36.4 Å². The molecular formula is C32H34F3N3O5. The van der Waals surface area contributed by atoms with Gasteiger partial charge in [-0.2, -0.15) is 18.3 Å². The fourth-order valence-corrected chi connectivity index (χ4v) is 4.58. The molecule has 228 valence electrons. The largest absolute Gasteiger partial charge is 0.497 e. The molecule has 1 aromatic heterocycles. The third-order valence-electron chi connectivity index (χ3n) is 6.95. The Bertz CT molecular complexity index is 1570. The van der Waals surface area contributed by atoms with Crippen molar-refractivity contribution < 1.29 is 32.2 Å². The molecule has 4 aromatic rings. The summed E-state index contributed by atoms with van der Waals surface area (Å²) in [6.45, 7) is 3.60. The van der Waals surface area contributed by atoms with E-state index in [2.05, 4.69) is 5.10 Å². The van der Waals surface area contributed by atoms with E-state index >= 15 is 0 Å². The number of ether oxygens (including phenoxy) is 3. The zero-order valence-corrected chi connectivity index (χ0v) is 24.5. The highest BCUT2D eigenvalue weighted by Crippen LogP contribution is 2.29. The topological polar surface area (TPSA) is 84.6 Å². The Morgan fingerprint density at radius 1 is 0.791 bits per heavy atom. The van der Waals surface area contributed by atoms with Crippen LogP contribution >= 0.6 is 0 Å². The first kappa shape index (κ1) is 31.4. The Balaban J connectivity index is 1.49. The SMILES string of the molecule is COC(=O)C(C)(C)Oc1ccc(CCCc2nn(Cc3ccc(C(F)(F)F)cc3)c(=O)n2Cc2ccc(OC)cc2)cc1. The van der Waals surface area contributed by atoms with E-state index in [0.717, 1.165) is 23.3 Å². The summed E-state index contributed by atoms with van der Waals surface area (Å²) in [4.78, 5) is 25.3. The van der Waals surface area contributed by atoms with Crippen LogP contribution in [-0.4, -0.2) is 40.1 Å². The number of hydrogen-bond donors (Lipinski definition) is 0. The molecule has 0 aliphatic carbocycles. The summed E-state index contributed by atoms with van der Waals surface area (Å²) in [7, 11) is 2.89. The summed E-state index contributed by atoms with van der Waals surface area (Å²) in [5.41, 5.74) is 0.235. The van der Waals surface area contributed by atoms with Crippen LogP contribution < -0.4 is 15.2 Å². The number of methoxy groups -OCH3 is 2. The van der Waals surface area contributed by atoms with Crippen LogP contribution in [0, 0.1) is 0 Å². The number of halogens is 3. The number of benzene rings is 3. The first-order valence-corrected chi connectivity index (χ1v) is 13.7. The van der Waals surface area contributed by atoms with Gasteiger partial charge in [0.1, 0.15) is 17.3 Å². The van der Waals surface area contributed by atoms with E-state index in [1.165, 1.54) is 23.9 Å². The molecule has 0 unspecified atom stereocenters. The normalized spacial score (nSPS) is 11.8. The summed E-state index contributed by atoms with van der Waals surface area (Å²) in [6, 6.07) is 19.5. The van der Waals surface area contributed by atoms with Gasteiger partial charge in [-0.15, -0.1) is 0 Å². The maximum absolute atomic E-state index is 13.4. The first-order chi connectivity index (χ1) is 20.4. The number of nitrogens with zero attached hydrogens (tertiary/aromatic N) is 3. The van der Waals surface area contributed by atoms with E-state index in [1.807, 2.05) is 36.4 Å². The van der Waals surface area contributed by atoms with E-state index in [-0.39, 0.29) is 18.8 Å². The van der Waals surface area contributed by atoms with Crippen LogP contribution in [0.1, 0.15) is 48.3 Å². The van der Waals surface area contributed by atoms with Crippen LogP contribution in [0.2, 0.25) is 0 Å². The van der Waals surface area contributed by atoms with E-state index in [4.69, 9.17) is 14.2 Å². The van der Waals surface area contributed by atoms with Gasteiger partial charge in [0.15, 0.2) is 5.60 Å². The van der Waals surface area contributed by atoms with Gasteiger partial charge >= 0.3 is 17.8 Å². The summed E-state index contributed by atoms with van der Waals surface area (Å²) < 4.78 is 57.6. The van der Waals surface area contributed by atoms with Crippen molar-refractivity contribution >= 4 is 5.97 Å². The molecule has 0 saturated heterocycles. The third-order valence-corrected chi connectivity index (χ3v) is 6.95. The summed E-state index contributed by atoms with van der Waals surface area (Å²) in [5.74, 6) is 1.33. The molecule has 11 heteroatoms. The fourth-order valence-electron chi connectivity index (χ4n) is 4.58. The Labute approximate surface area is 247 Å².